The van der Waals surface area contributed by atoms with Crippen LogP contribution in [0.15, 0.2) is 24.5 Å². The van der Waals surface area contributed by atoms with Gasteiger partial charge in [-0.2, -0.15) is 5.10 Å². The SMILES string of the molecule is C=C(CNC(C)(C)C)COc1cnn(C)c1. The van der Waals surface area contributed by atoms with E-state index in [4.69, 9.17) is 4.74 Å². The third-order valence-corrected chi connectivity index (χ3v) is 1.99. The molecule has 0 saturated heterocycles. The normalized spacial score (nSPS) is 11.5. The molecule has 0 atom stereocenters. The highest BCUT2D eigenvalue weighted by atomic mass is 16.5. The van der Waals surface area contributed by atoms with Crippen LogP contribution in [0.25, 0.3) is 0 Å². The molecule has 4 heteroatoms. The Hall–Kier alpha value is -1.29. The fourth-order valence-corrected chi connectivity index (χ4v) is 1.10. The van der Waals surface area contributed by atoms with Crippen molar-refractivity contribution >= 4 is 0 Å². The van der Waals surface area contributed by atoms with Crippen LogP contribution in [-0.4, -0.2) is 28.5 Å². The second kappa shape index (κ2) is 5.16. The molecule has 0 aliphatic heterocycles. The minimum absolute atomic E-state index is 0.108. The first-order chi connectivity index (χ1) is 7.37. The lowest BCUT2D eigenvalue weighted by Gasteiger charge is -2.21. The largest absolute Gasteiger partial charge is 0.486 e. The van der Waals surface area contributed by atoms with E-state index in [1.807, 2.05) is 13.2 Å². The summed E-state index contributed by atoms with van der Waals surface area (Å²) in [7, 11) is 1.86. The van der Waals surface area contributed by atoms with E-state index in [1.54, 1.807) is 10.9 Å². The number of aromatic nitrogens is 2. The number of nitrogens with zero attached hydrogens (tertiary/aromatic N) is 2. The summed E-state index contributed by atoms with van der Waals surface area (Å²) in [5.74, 6) is 0.777. The zero-order valence-corrected chi connectivity index (χ0v) is 10.6. The Bertz CT molecular complexity index is 349. The molecular weight excluding hydrogens is 202 g/mol. The number of rotatable bonds is 5. The van der Waals surface area contributed by atoms with Crippen LogP contribution in [0.3, 0.4) is 0 Å². The lowest BCUT2D eigenvalue weighted by Crippen LogP contribution is -2.37. The smallest absolute Gasteiger partial charge is 0.157 e. The van der Waals surface area contributed by atoms with Crippen molar-refractivity contribution in [1.29, 1.82) is 0 Å². The summed E-state index contributed by atoms with van der Waals surface area (Å²) < 4.78 is 7.24. The van der Waals surface area contributed by atoms with E-state index < -0.39 is 0 Å². The van der Waals surface area contributed by atoms with Crippen LogP contribution in [-0.2, 0) is 7.05 Å². The average Bonchev–Trinajstić information content (AvgIpc) is 2.57. The zero-order chi connectivity index (χ0) is 12.2. The van der Waals surface area contributed by atoms with Crippen LogP contribution in [0.5, 0.6) is 5.75 Å². The molecule has 0 saturated carbocycles. The highest BCUT2D eigenvalue weighted by Gasteiger charge is 2.08. The van der Waals surface area contributed by atoms with Gasteiger partial charge < -0.3 is 10.1 Å². The summed E-state index contributed by atoms with van der Waals surface area (Å²) in [6, 6.07) is 0. The van der Waals surface area contributed by atoms with Gasteiger partial charge in [0, 0.05) is 19.1 Å². The Morgan fingerprint density at radius 2 is 2.25 bits per heavy atom. The third kappa shape index (κ3) is 4.98. The summed E-state index contributed by atoms with van der Waals surface area (Å²) in [5.41, 5.74) is 1.14. The number of hydrogen-bond acceptors (Lipinski definition) is 3. The van der Waals surface area contributed by atoms with Crippen LogP contribution in [0.4, 0.5) is 0 Å². The quantitative estimate of drug-likeness (QED) is 0.773. The molecule has 0 aromatic carbocycles. The van der Waals surface area contributed by atoms with Crippen LogP contribution < -0.4 is 10.1 Å². The second-order valence-electron chi connectivity index (χ2n) is 4.99. The summed E-state index contributed by atoms with van der Waals surface area (Å²) >= 11 is 0. The van der Waals surface area contributed by atoms with Gasteiger partial charge in [0.2, 0.25) is 0 Å². The van der Waals surface area contributed by atoms with Crippen molar-refractivity contribution in [3.8, 4) is 5.75 Å². The van der Waals surface area contributed by atoms with E-state index in [0.29, 0.717) is 6.61 Å². The molecule has 16 heavy (non-hydrogen) atoms. The molecule has 0 spiro atoms. The molecule has 1 rings (SSSR count). The van der Waals surface area contributed by atoms with Crippen molar-refractivity contribution in [2.75, 3.05) is 13.2 Å². The fourth-order valence-electron chi connectivity index (χ4n) is 1.10. The van der Waals surface area contributed by atoms with E-state index in [-0.39, 0.29) is 5.54 Å². The predicted molar refractivity (Wildman–Crippen MR) is 65.6 cm³/mol. The summed E-state index contributed by atoms with van der Waals surface area (Å²) in [6.07, 6.45) is 3.54. The van der Waals surface area contributed by atoms with Gasteiger partial charge in [0.1, 0.15) is 6.61 Å². The topological polar surface area (TPSA) is 39.1 Å². The molecule has 90 valence electrons. The van der Waals surface area contributed by atoms with Gasteiger partial charge in [-0.05, 0) is 26.3 Å². The molecule has 1 heterocycles. The number of ether oxygens (including phenoxy) is 1. The first kappa shape index (κ1) is 12.8. The standard InChI is InChI=1S/C12H21N3O/c1-10(6-13-12(2,3)4)9-16-11-7-14-15(5)8-11/h7-8,13H,1,6,9H2,2-5H3. The van der Waals surface area contributed by atoms with Gasteiger partial charge in [0.15, 0.2) is 5.75 Å². The van der Waals surface area contributed by atoms with Crippen LogP contribution in [0.2, 0.25) is 0 Å². The maximum atomic E-state index is 5.53. The van der Waals surface area contributed by atoms with Gasteiger partial charge in [0.25, 0.3) is 0 Å². The second-order valence-corrected chi connectivity index (χ2v) is 4.99. The van der Waals surface area contributed by atoms with Crippen LogP contribution >= 0.6 is 0 Å². The number of hydrogen-bond donors (Lipinski definition) is 1. The molecule has 0 amide bonds. The van der Waals surface area contributed by atoms with Crippen molar-refractivity contribution in [3.63, 3.8) is 0 Å². The number of nitrogens with one attached hydrogen (secondary N) is 1. The molecule has 0 fully saturated rings. The van der Waals surface area contributed by atoms with E-state index in [2.05, 4.69) is 37.8 Å². The van der Waals surface area contributed by atoms with Gasteiger partial charge in [-0.3, -0.25) is 4.68 Å². The minimum atomic E-state index is 0.108. The van der Waals surface area contributed by atoms with Crippen molar-refractivity contribution < 1.29 is 4.74 Å². The fraction of sp³-hybridized carbons (Fsp3) is 0.583. The Morgan fingerprint density at radius 3 is 2.75 bits per heavy atom. The van der Waals surface area contributed by atoms with Crippen LogP contribution in [0, 0.1) is 0 Å². The van der Waals surface area contributed by atoms with Gasteiger partial charge in [-0.1, -0.05) is 6.58 Å². The van der Waals surface area contributed by atoms with Crippen molar-refractivity contribution in [2.24, 2.45) is 7.05 Å². The molecule has 4 nitrogen and oxygen atoms in total. The van der Waals surface area contributed by atoms with E-state index in [1.165, 1.54) is 0 Å². The highest BCUT2D eigenvalue weighted by molar-refractivity contribution is 5.13. The van der Waals surface area contributed by atoms with Gasteiger partial charge in [-0.25, -0.2) is 0 Å². The third-order valence-electron chi connectivity index (χ3n) is 1.99. The number of aryl methyl sites for hydroxylation is 1. The first-order valence-electron chi connectivity index (χ1n) is 5.40. The van der Waals surface area contributed by atoms with Gasteiger partial charge in [0.05, 0.1) is 12.4 Å². The lowest BCUT2D eigenvalue weighted by atomic mass is 10.1. The first-order valence-corrected chi connectivity index (χ1v) is 5.40. The summed E-state index contributed by atoms with van der Waals surface area (Å²) in [5, 5.41) is 7.39. The van der Waals surface area contributed by atoms with Crippen molar-refractivity contribution in [1.82, 2.24) is 15.1 Å². The highest BCUT2D eigenvalue weighted by Crippen LogP contribution is 2.08. The molecule has 0 aliphatic carbocycles. The molecule has 0 bridgehead atoms. The Balaban J connectivity index is 2.25. The average molecular weight is 223 g/mol. The van der Waals surface area contributed by atoms with Crippen LogP contribution in [0.1, 0.15) is 20.8 Å². The molecule has 0 unspecified atom stereocenters. The summed E-state index contributed by atoms with van der Waals surface area (Å²) in [6.45, 7) is 11.6. The van der Waals surface area contributed by atoms with E-state index in [0.717, 1.165) is 17.9 Å². The van der Waals surface area contributed by atoms with Crippen molar-refractivity contribution in [3.05, 3.63) is 24.5 Å². The lowest BCUT2D eigenvalue weighted by molar-refractivity contribution is 0.341. The maximum Gasteiger partial charge on any atom is 0.157 e. The molecule has 0 radical (unpaired) electrons. The molecule has 0 aliphatic rings. The zero-order valence-electron chi connectivity index (χ0n) is 10.6. The van der Waals surface area contributed by atoms with E-state index in [9.17, 15) is 0 Å². The maximum absolute atomic E-state index is 5.53. The van der Waals surface area contributed by atoms with Crippen molar-refractivity contribution in [2.45, 2.75) is 26.3 Å². The summed E-state index contributed by atoms with van der Waals surface area (Å²) in [4.78, 5) is 0. The van der Waals surface area contributed by atoms with E-state index >= 15 is 0 Å². The minimum Gasteiger partial charge on any atom is -0.486 e. The molecule has 1 aromatic heterocycles. The Labute approximate surface area is 97.3 Å². The monoisotopic (exact) mass is 223 g/mol. The van der Waals surface area contributed by atoms with Gasteiger partial charge >= 0.3 is 0 Å². The van der Waals surface area contributed by atoms with Gasteiger partial charge in [-0.15, -0.1) is 0 Å². The Morgan fingerprint density at radius 1 is 1.56 bits per heavy atom. The predicted octanol–water partition coefficient (Wildman–Crippen LogP) is 1.74. The molecule has 1 N–H and O–H groups in total. The molecule has 1 aromatic rings. The molecular formula is C12H21N3O. The Kier molecular flexibility index (Phi) is 4.12.